The van der Waals surface area contributed by atoms with Gasteiger partial charge in [-0.05, 0) is 41.0 Å². The summed E-state index contributed by atoms with van der Waals surface area (Å²) in [6.45, 7) is 1.10. The highest BCUT2D eigenvalue weighted by atomic mass is 32.2. The van der Waals surface area contributed by atoms with Crippen LogP contribution in [0, 0.1) is 0 Å². The average Bonchev–Trinajstić information content (AvgIpc) is 3.44. The molecular formula is C19H19N8O4S3-. The summed E-state index contributed by atoms with van der Waals surface area (Å²) >= 11 is -1.66. The zero-order valence-corrected chi connectivity index (χ0v) is 20.4. The molecule has 1 fully saturated rings. The van der Waals surface area contributed by atoms with Gasteiger partial charge in [-0.2, -0.15) is 9.52 Å². The van der Waals surface area contributed by atoms with Crippen molar-refractivity contribution < 1.29 is 17.2 Å². The van der Waals surface area contributed by atoms with Crippen molar-refractivity contribution in [3.63, 3.8) is 0 Å². The lowest BCUT2D eigenvalue weighted by molar-refractivity contribution is 0.119. The summed E-state index contributed by atoms with van der Waals surface area (Å²) in [6.07, 6.45) is 0. The Morgan fingerprint density at radius 1 is 1.26 bits per heavy atom. The molecule has 2 aromatic heterocycles. The first-order valence-electron chi connectivity index (χ1n) is 10.0. The molecule has 5 rings (SSSR count). The maximum atomic E-state index is 13.5. The van der Waals surface area contributed by atoms with Gasteiger partial charge in [0.05, 0.1) is 26.0 Å². The van der Waals surface area contributed by atoms with E-state index in [-0.39, 0.29) is 22.3 Å². The van der Waals surface area contributed by atoms with Crippen LogP contribution in [0.3, 0.4) is 0 Å². The van der Waals surface area contributed by atoms with E-state index in [2.05, 4.69) is 25.6 Å². The van der Waals surface area contributed by atoms with Crippen molar-refractivity contribution in [3.05, 3.63) is 30.3 Å². The smallest absolute Gasteiger partial charge is 0.244 e. The molecule has 12 nitrogen and oxygen atoms in total. The molecule has 0 aliphatic carbocycles. The molecule has 0 saturated carbocycles. The molecule has 4 aromatic rings. The number of benzene rings is 2. The van der Waals surface area contributed by atoms with Crippen LogP contribution in [0.5, 0.6) is 0 Å². The van der Waals surface area contributed by atoms with Gasteiger partial charge in [0.25, 0.3) is 0 Å². The number of anilines is 1. The van der Waals surface area contributed by atoms with E-state index in [0.717, 1.165) is 4.70 Å². The summed E-state index contributed by atoms with van der Waals surface area (Å²) in [5.74, 6) is -0.0579. The highest BCUT2D eigenvalue weighted by Crippen LogP contribution is 2.42. The van der Waals surface area contributed by atoms with Gasteiger partial charge in [0.15, 0.2) is 5.13 Å². The largest absolute Gasteiger partial charge is 0.768 e. The first-order valence-corrected chi connectivity index (χ1v) is 13.3. The topological polar surface area (TPSA) is 174 Å². The van der Waals surface area contributed by atoms with Gasteiger partial charge in [-0.3, -0.25) is 4.21 Å². The Morgan fingerprint density at radius 2 is 2.03 bits per heavy atom. The second kappa shape index (κ2) is 8.44. The van der Waals surface area contributed by atoms with Crippen LogP contribution in [-0.2, 0) is 21.1 Å². The number of nitrogens with zero attached hydrogens (tertiary/aromatic N) is 6. The van der Waals surface area contributed by atoms with Gasteiger partial charge in [-0.25, -0.2) is 13.4 Å². The second-order valence-corrected chi connectivity index (χ2v) is 11.8. The van der Waals surface area contributed by atoms with Crippen LogP contribution in [0.4, 0.5) is 5.13 Å². The number of tetrazole rings is 1. The standard InChI is InChI=1S/C19H20N8O4S3/c1-26-8-10(9-26)27(2)34(30,31)14-7-6-11(12-4-3-5-13-16(12)21-19(20)32-13)15(17(14)33(28)29)18-22-24-25-23-18/h3-7,10H,8-9H2,1-2H3,(H2,20,21)(H,28,29)(H,22,23,24,25)/p-1. The Hall–Kier alpha value is -2.82. The van der Waals surface area contributed by atoms with Gasteiger partial charge in [0.2, 0.25) is 15.8 Å². The Bertz CT molecular complexity index is 1510. The number of nitrogen functional groups attached to an aromatic ring is 1. The number of nitrogens with two attached hydrogens (primary N) is 1. The van der Waals surface area contributed by atoms with Crippen molar-refractivity contribution >= 4 is 47.8 Å². The van der Waals surface area contributed by atoms with Crippen LogP contribution in [0.25, 0.3) is 32.7 Å². The zero-order chi connectivity index (χ0) is 24.2. The normalized spacial score (nSPS) is 16.2. The molecule has 34 heavy (non-hydrogen) atoms. The molecule has 1 saturated heterocycles. The molecule has 0 amide bonds. The summed E-state index contributed by atoms with van der Waals surface area (Å²) in [4.78, 5) is 5.56. The second-order valence-electron chi connectivity index (χ2n) is 7.89. The summed E-state index contributed by atoms with van der Waals surface area (Å²) in [6, 6.07) is 7.96. The summed E-state index contributed by atoms with van der Waals surface area (Å²) in [7, 11) is -0.827. The minimum atomic E-state index is -4.16. The third-order valence-electron chi connectivity index (χ3n) is 5.80. The number of hydrogen-bond acceptors (Lipinski definition) is 11. The quantitative estimate of drug-likeness (QED) is 0.348. The highest BCUT2D eigenvalue weighted by molar-refractivity contribution is 7.90. The molecule has 2 aromatic carbocycles. The lowest BCUT2D eigenvalue weighted by atomic mass is 9.98. The number of aromatic nitrogens is 5. The first-order chi connectivity index (χ1) is 16.2. The number of nitrogens with one attached hydrogen (secondary N) is 1. The molecule has 3 N–H and O–H groups in total. The van der Waals surface area contributed by atoms with Crippen LogP contribution < -0.4 is 5.73 Å². The minimum Gasteiger partial charge on any atom is -0.768 e. The molecule has 15 heteroatoms. The van der Waals surface area contributed by atoms with E-state index in [1.165, 1.54) is 28.8 Å². The fourth-order valence-electron chi connectivity index (χ4n) is 4.08. The van der Waals surface area contributed by atoms with Crippen LogP contribution in [0.1, 0.15) is 0 Å². The fraction of sp³-hybridized carbons (Fsp3) is 0.263. The average molecular weight is 520 g/mol. The molecule has 1 aliphatic heterocycles. The Labute approximate surface area is 201 Å². The number of H-pyrrole nitrogens is 1. The van der Waals surface area contributed by atoms with E-state index in [9.17, 15) is 17.2 Å². The SMILES string of the molecule is CN1CC(N(C)S(=O)(=O)c2ccc(-c3cccc4sc(N)nc34)c(-c3nn[nH]n3)c2S(=O)[O-])C1. The molecular weight excluding hydrogens is 500 g/mol. The molecule has 1 unspecified atom stereocenters. The molecule has 0 spiro atoms. The summed E-state index contributed by atoms with van der Waals surface area (Å²) < 4.78 is 54.2. The van der Waals surface area contributed by atoms with Gasteiger partial charge in [-0.1, -0.05) is 29.5 Å². The maximum absolute atomic E-state index is 13.5. The number of rotatable bonds is 6. The van der Waals surface area contributed by atoms with Crippen LogP contribution in [-0.4, -0.2) is 85.2 Å². The van der Waals surface area contributed by atoms with E-state index < -0.39 is 26.0 Å². The summed E-state index contributed by atoms with van der Waals surface area (Å²) in [5, 5.41) is 14.1. The van der Waals surface area contributed by atoms with Crippen LogP contribution in [0.2, 0.25) is 0 Å². The van der Waals surface area contributed by atoms with E-state index in [0.29, 0.717) is 34.9 Å². The zero-order valence-electron chi connectivity index (χ0n) is 18.0. The van der Waals surface area contributed by atoms with Crippen LogP contribution >= 0.6 is 11.3 Å². The molecule has 1 aliphatic rings. The Morgan fingerprint density at radius 3 is 2.68 bits per heavy atom. The number of sulfonamides is 1. The van der Waals surface area contributed by atoms with Gasteiger partial charge in [0.1, 0.15) is 0 Å². The lowest BCUT2D eigenvalue weighted by Gasteiger charge is -2.41. The predicted octanol–water partition coefficient (Wildman–Crippen LogP) is 0.898. The van der Waals surface area contributed by atoms with Gasteiger partial charge in [-0.15, -0.1) is 10.2 Å². The van der Waals surface area contributed by atoms with Gasteiger partial charge >= 0.3 is 0 Å². The number of aromatic amines is 1. The molecule has 0 bridgehead atoms. The fourth-order valence-corrected chi connectivity index (χ4v) is 7.37. The third-order valence-corrected chi connectivity index (χ3v) is 9.49. The molecule has 0 radical (unpaired) electrons. The van der Waals surface area contributed by atoms with Crippen molar-refractivity contribution in [2.45, 2.75) is 15.8 Å². The van der Waals surface area contributed by atoms with Crippen molar-refractivity contribution in [3.8, 4) is 22.5 Å². The van der Waals surface area contributed by atoms with Crippen molar-refractivity contribution in [2.24, 2.45) is 0 Å². The van der Waals surface area contributed by atoms with Gasteiger partial charge < -0.3 is 15.2 Å². The number of likely N-dealkylation sites (N-methyl/N-ethyl adjacent to an activating group) is 2. The van der Waals surface area contributed by atoms with Crippen molar-refractivity contribution in [1.29, 1.82) is 0 Å². The lowest BCUT2D eigenvalue weighted by Crippen LogP contribution is -2.57. The molecule has 1 atom stereocenters. The molecule has 3 heterocycles. The van der Waals surface area contributed by atoms with E-state index in [1.807, 2.05) is 18.0 Å². The Kier molecular flexibility index (Phi) is 5.70. The first kappa shape index (κ1) is 22.9. The highest BCUT2D eigenvalue weighted by Gasteiger charge is 2.37. The number of hydrogen-bond donors (Lipinski definition) is 2. The minimum absolute atomic E-state index is 0.0151. The van der Waals surface area contributed by atoms with Crippen molar-refractivity contribution in [2.75, 3.05) is 32.9 Å². The number of fused-ring (bicyclic) bond motifs is 1. The van der Waals surface area contributed by atoms with Crippen LogP contribution in [0.15, 0.2) is 40.1 Å². The predicted molar refractivity (Wildman–Crippen MR) is 126 cm³/mol. The number of para-hydroxylation sites is 1. The monoisotopic (exact) mass is 519 g/mol. The third kappa shape index (κ3) is 3.70. The Balaban J connectivity index is 1.79. The van der Waals surface area contributed by atoms with E-state index in [1.54, 1.807) is 18.2 Å². The summed E-state index contributed by atoms with van der Waals surface area (Å²) in [5.41, 5.74) is 7.43. The number of likely N-dealkylation sites (tertiary alicyclic amines) is 1. The van der Waals surface area contributed by atoms with Gasteiger partial charge in [0, 0.05) is 31.3 Å². The maximum Gasteiger partial charge on any atom is 0.244 e. The number of thiazole rings is 1. The van der Waals surface area contributed by atoms with Crippen molar-refractivity contribution in [1.82, 2.24) is 34.8 Å². The van der Waals surface area contributed by atoms with E-state index in [4.69, 9.17) is 5.73 Å². The van der Waals surface area contributed by atoms with E-state index >= 15 is 0 Å². The molecule has 178 valence electrons.